The summed E-state index contributed by atoms with van der Waals surface area (Å²) in [6.45, 7) is 0.715. The average molecular weight is 284 g/mol. The van der Waals surface area contributed by atoms with E-state index in [1.54, 1.807) is 18.2 Å². The second-order valence-electron chi connectivity index (χ2n) is 4.10. The van der Waals surface area contributed by atoms with Gasteiger partial charge in [0.15, 0.2) is 17.1 Å². The monoisotopic (exact) mass is 284 g/mol. The summed E-state index contributed by atoms with van der Waals surface area (Å²) in [5.41, 5.74) is -0.485. The highest BCUT2D eigenvalue weighted by Gasteiger charge is 2.23. The molecule has 104 valence electrons. The number of hydrogen-bond donors (Lipinski definition) is 1. The lowest BCUT2D eigenvalue weighted by Gasteiger charge is -2.27. The summed E-state index contributed by atoms with van der Waals surface area (Å²) in [4.78, 5) is 0. The molecular weight excluding hydrogens is 275 g/mol. The average Bonchev–Trinajstić information content (AvgIpc) is 2.44. The fraction of sp³-hybridized carbons (Fsp3) is 0.214. The van der Waals surface area contributed by atoms with Crippen LogP contribution in [0.4, 0.5) is 10.1 Å². The molecule has 0 unspecified atom stereocenters. The second-order valence-corrected chi connectivity index (χ2v) is 4.10. The Hall–Kier alpha value is -3.08. The van der Waals surface area contributed by atoms with Gasteiger partial charge < -0.3 is 14.8 Å². The van der Waals surface area contributed by atoms with Crippen LogP contribution in [0.5, 0.6) is 5.75 Å². The number of nitrogens with one attached hydrogen (secondary N) is 1. The zero-order valence-electron chi connectivity index (χ0n) is 10.8. The first-order valence-electron chi connectivity index (χ1n) is 5.94. The van der Waals surface area contributed by atoms with E-state index < -0.39 is 5.82 Å². The zero-order chi connectivity index (χ0) is 15.2. The van der Waals surface area contributed by atoms with Gasteiger partial charge in [0.25, 0.3) is 0 Å². The van der Waals surface area contributed by atoms with Gasteiger partial charge >= 0.3 is 0 Å². The quantitative estimate of drug-likeness (QED) is 0.846. The predicted molar refractivity (Wildman–Crippen MR) is 69.1 cm³/mol. The molecule has 0 radical (unpaired) electrons. The van der Waals surface area contributed by atoms with E-state index in [-0.39, 0.29) is 28.8 Å². The van der Waals surface area contributed by atoms with Gasteiger partial charge in [0.2, 0.25) is 0 Å². The van der Waals surface area contributed by atoms with Crippen molar-refractivity contribution < 1.29 is 13.9 Å². The number of nitrogens with zero attached hydrogens (tertiary/aromatic N) is 3. The number of hydrogen-bond acceptors (Lipinski definition) is 6. The van der Waals surface area contributed by atoms with E-state index in [4.69, 9.17) is 25.3 Å². The Kier molecular flexibility index (Phi) is 4.36. The molecule has 0 aliphatic carbocycles. The van der Waals surface area contributed by atoms with Crippen molar-refractivity contribution in [1.29, 1.82) is 15.8 Å². The van der Waals surface area contributed by atoms with Crippen LogP contribution in [-0.4, -0.2) is 19.3 Å². The van der Waals surface area contributed by atoms with Crippen molar-refractivity contribution >= 4 is 5.69 Å². The summed E-state index contributed by atoms with van der Waals surface area (Å²) in [6.07, 6.45) is -0.261. The predicted octanol–water partition coefficient (Wildman–Crippen LogP) is 1.84. The number of halogens is 1. The molecule has 0 bridgehead atoms. The molecule has 1 heterocycles. The van der Waals surface area contributed by atoms with Crippen LogP contribution in [0.1, 0.15) is 0 Å². The molecule has 0 amide bonds. The van der Waals surface area contributed by atoms with Crippen molar-refractivity contribution in [2.45, 2.75) is 6.10 Å². The van der Waals surface area contributed by atoms with Gasteiger partial charge in [-0.2, -0.15) is 15.8 Å². The Labute approximate surface area is 120 Å². The van der Waals surface area contributed by atoms with Gasteiger partial charge in [0, 0.05) is 0 Å². The molecule has 1 aromatic carbocycles. The first-order chi connectivity index (χ1) is 10.2. The third-order valence-corrected chi connectivity index (χ3v) is 2.70. The van der Waals surface area contributed by atoms with Crippen LogP contribution in [0.15, 0.2) is 29.5 Å². The molecule has 2 rings (SSSR count). The van der Waals surface area contributed by atoms with Crippen molar-refractivity contribution in [3.8, 4) is 24.0 Å². The first-order valence-corrected chi connectivity index (χ1v) is 5.94. The van der Waals surface area contributed by atoms with E-state index in [1.807, 2.05) is 0 Å². The Morgan fingerprint density at radius 1 is 1.24 bits per heavy atom. The Morgan fingerprint density at radius 2 is 1.95 bits per heavy atom. The van der Waals surface area contributed by atoms with Crippen molar-refractivity contribution in [3.05, 3.63) is 35.3 Å². The number of anilines is 1. The van der Waals surface area contributed by atoms with Crippen LogP contribution in [0, 0.1) is 39.8 Å². The Bertz CT molecular complexity index is 689. The van der Waals surface area contributed by atoms with Crippen molar-refractivity contribution in [3.63, 3.8) is 0 Å². The van der Waals surface area contributed by atoms with Gasteiger partial charge in [-0.1, -0.05) is 6.07 Å². The molecule has 0 atom stereocenters. The third-order valence-electron chi connectivity index (χ3n) is 2.70. The molecule has 1 fully saturated rings. The normalized spacial score (nSPS) is 13.0. The van der Waals surface area contributed by atoms with Gasteiger partial charge in [-0.05, 0) is 12.1 Å². The molecule has 0 spiro atoms. The van der Waals surface area contributed by atoms with Crippen LogP contribution in [0.25, 0.3) is 0 Å². The molecule has 1 saturated heterocycles. The van der Waals surface area contributed by atoms with E-state index in [2.05, 4.69) is 5.32 Å². The fourth-order valence-corrected chi connectivity index (χ4v) is 1.59. The van der Waals surface area contributed by atoms with Crippen molar-refractivity contribution in [1.82, 2.24) is 0 Å². The number of allylic oxidation sites excluding steroid dienone is 2. The van der Waals surface area contributed by atoms with Gasteiger partial charge in [-0.25, -0.2) is 4.39 Å². The smallest absolute Gasteiger partial charge is 0.179 e. The van der Waals surface area contributed by atoms with Crippen LogP contribution < -0.4 is 10.1 Å². The molecule has 1 aromatic rings. The van der Waals surface area contributed by atoms with Crippen molar-refractivity contribution in [2.75, 3.05) is 18.5 Å². The number of benzene rings is 1. The lowest BCUT2D eigenvalue weighted by atomic mass is 10.2. The minimum atomic E-state index is -0.611. The second kappa shape index (κ2) is 6.38. The maximum Gasteiger partial charge on any atom is 0.179 e. The molecular formula is C14H9FN4O2. The molecule has 21 heavy (non-hydrogen) atoms. The van der Waals surface area contributed by atoms with Crippen LogP contribution in [0.2, 0.25) is 0 Å². The van der Waals surface area contributed by atoms with E-state index in [9.17, 15) is 4.39 Å². The molecule has 1 aliphatic heterocycles. The lowest BCUT2D eigenvalue weighted by molar-refractivity contribution is -0.0805. The van der Waals surface area contributed by atoms with Gasteiger partial charge in [0.05, 0.1) is 18.9 Å². The standard InChI is InChI=1S/C14H9FN4O2/c15-11-2-1-3-12(14(11)21-10-7-20-8-10)19-13(6-18)9(4-16)5-17/h1-3,10,19H,7-8H2. The topological polar surface area (TPSA) is 102 Å². The van der Waals surface area contributed by atoms with Gasteiger partial charge in [0.1, 0.15) is 30.0 Å². The summed E-state index contributed by atoms with van der Waals surface area (Å²) in [5.74, 6) is -0.687. The fourth-order valence-electron chi connectivity index (χ4n) is 1.59. The van der Waals surface area contributed by atoms with Crippen molar-refractivity contribution in [2.24, 2.45) is 0 Å². The Morgan fingerprint density at radius 3 is 2.48 bits per heavy atom. The molecule has 1 N–H and O–H groups in total. The Balaban J connectivity index is 2.34. The van der Waals surface area contributed by atoms with E-state index in [0.29, 0.717) is 13.2 Å². The molecule has 1 aliphatic rings. The van der Waals surface area contributed by atoms with Crippen LogP contribution in [-0.2, 0) is 4.74 Å². The minimum absolute atomic E-state index is 0.0752. The first kappa shape index (κ1) is 14.3. The summed E-state index contributed by atoms with van der Waals surface area (Å²) in [6, 6.07) is 9.03. The van der Waals surface area contributed by atoms with Crippen LogP contribution >= 0.6 is 0 Å². The summed E-state index contributed by atoms with van der Waals surface area (Å²) in [5, 5.41) is 29.1. The minimum Gasteiger partial charge on any atom is -0.480 e. The van der Waals surface area contributed by atoms with E-state index in [0.717, 1.165) is 0 Å². The number of rotatable bonds is 4. The molecule has 0 aromatic heterocycles. The van der Waals surface area contributed by atoms with Gasteiger partial charge in [-0.15, -0.1) is 0 Å². The van der Waals surface area contributed by atoms with Gasteiger partial charge in [-0.3, -0.25) is 0 Å². The molecule has 6 nitrogen and oxygen atoms in total. The number of nitriles is 3. The molecule has 7 heteroatoms. The van der Waals surface area contributed by atoms with Crippen LogP contribution in [0.3, 0.4) is 0 Å². The number of ether oxygens (including phenoxy) is 2. The highest BCUT2D eigenvalue weighted by atomic mass is 19.1. The molecule has 0 saturated carbocycles. The maximum absolute atomic E-state index is 13.9. The summed E-state index contributed by atoms with van der Waals surface area (Å²) < 4.78 is 24.2. The number of para-hydroxylation sites is 1. The zero-order valence-corrected chi connectivity index (χ0v) is 10.8. The highest BCUT2D eigenvalue weighted by Crippen LogP contribution is 2.31. The largest absolute Gasteiger partial charge is 0.480 e. The third kappa shape index (κ3) is 3.09. The lowest BCUT2D eigenvalue weighted by Crippen LogP contribution is -2.38. The summed E-state index contributed by atoms with van der Waals surface area (Å²) in [7, 11) is 0. The SMILES string of the molecule is N#CC(C#N)=C(C#N)Nc1cccc(F)c1OC1COC1. The van der Waals surface area contributed by atoms with E-state index in [1.165, 1.54) is 18.2 Å². The summed E-state index contributed by atoms with van der Waals surface area (Å²) >= 11 is 0. The highest BCUT2D eigenvalue weighted by molar-refractivity contribution is 5.64. The van der Waals surface area contributed by atoms with E-state index >= 15 is 0 Å². The maximum atomic E-state index is 13.9.